The van der Waals surface area contributed by atoms with Crippen molar-refractivity contribution >= 4 is 39.2 Å². The molecule has 1 amide bonds. The van der Waals surface area contributed by atoms with Gasteiger partial charge in [0.2, 0.25) is 5.91 Å². The fourth-order valence-corrected chi connectivity index (χ4v) is 4.86. The van der Waals surface area contributed by atoms with E-state index in [1.54, 1.807) is 29.5 Å². The summed E-state index contributed by atoms with van der Waals surface area (Å²) < 4.78 is 5.13. The quantitative estimate of drug-likeness (QED) is 0.562. The highest BCUT2D eigenvalue weighted by atomic mass is 32.1. The zero-order valence-electron chi connectivity index (χ0n) is 17.5. The molecule has 0 radical (unpaired) electrons. The number of esters is 1. The number of nitrogens with one attached hydrogen (secondary N) is 1. The van der Waals surface area contributed by atoms with E-state index in [0.29, 0.717) is 32.7 Å². The fourth-order valence-electron chi connectivity index (χ4n) is 3.94. The number of piperidine rings is 1. The lowest BCUT2D eigenvalue weighted by Gasteiger charge is -2.31. The van der Waals surface area contributed by atoms with Crippen LogP contribution in [0.25, 0.3) is 21.3 Å². The van der Waals surface area contributed by atoms with E-state index >= 15 is 0 Å². The molecule has 1 atom stereocenters. The summed E-state index contributed by atoms with van der Waals surface area (Å²) in [7, 11) is 0. The molecule has 0 saturated carbocycles. The molecule has 1 aromatic carbocycles. The minimum atomic E-state index is -0.216. The number of aromatic nitrogens is 2. The van der Waals surface area contributed by atoms with E-state index in [-0.39, 0.29) is 17.8 Å². The lowest BCUT2D eigenvalue weighted by Crippen LogP contribution is -2.43. The van der Waals surface area contributed by atoms with E-state index in [2.05, 4.69) is 32.8 Å². The van der Waals surface area contributed by atoms with Crippen LogP contribution in [-0.4, -0.2) is 53.0 Å². The van der Waals surface area contributed by atoms with E-state index in [9.17, 15) is 9.59 Å². The summed E-state index contributed by atoms with van der Waals surface area (Å²) in [5, 5.41) is 6.39. The van der Waals surface area contributed by atoms with E-state index in [0.717, 1.165) is 40.0 Å². The van der Waals surface area contributed by atoms with Gasteiger partial charge in [0.25, 0.3) is 0 Å². The SMILES string of the molecule is CCOC(=O)C1CCCN(C(=O)CCNc2ncnc3scc(-c4ccccc4)c23)C1. The van der Waals surface area contributed by atoms with Crippen molar-refractivity contribution in [1.82, 2.24) is 14.9 Å². The standard InChI is InChI=1S/C23H26N4O3S/c1-2-30-23(29)17-9-6-12-27(13-17)19(28)10-11-24-21-20-18(16-7-4-3-5-8-16)14-31-22(20)26-15-25-21/h3-5,7-8,14-15,17H,2,6,9-13H2,1H3,(H,24,25,26). The predicted molar refractivity (Wildman–Crippen MR) is 122 cm³/mol. The van der Waals surface area contributed by atoms with Crippen LogP contribution in [0.1, 0.15) is 26.2 Å². The number of amides is 1. The first-order valence-corrected chi connectivity index (χ1v) is 11.5. The Morgan fingerprint density at radius 3 is 2.90 bits per heavy atom. The van der Waals surface area contributed by atoms with Crippen molar-refractivity contribution in [2.45, 2.75) is 26.2 Å². The Bertz CT molecular complexity index is 1050. The van der Waals surface area contributed by atoms with Crippen LogP contribution in [0.2, 0.25) is 0 Å². The molecule has 2 aromatic heterocycles. The smallest absolute Gasteiger partial charge is 0.310 e. The van der Waals surface area contributed by atoms with Gasteiger partial charge >= 0.3 is 5.97 Å². The summed E-state index contributed by atoms with van der Waals surface area (Å²) in [5.74, 6) is 0.361. The van der Waals surface area contributed by atoms with Crippen molar-refractivity contribution in [2.75, 3.05) is 31.6 Å². The van der Waals surface area contributed by atoms with Crippen molar-refractivity contribution in [1.29, 1.82) is 0 Å². The van der Waals surface area contributed by atoms with Gasteiger partial charge in [-0.15, -0.1) is 11.3 Å². The molecule has 1 unspecified atom stereocenters. The van der Waals surface area contributed by atoms with Crippen LogP contribution >= 0.6 is 11.3 Å². The summed E-state index contributed by atoms with van der Waals surface area (Å²) in [6, 6.07) is 10.1. The van der Waals surface area contributed by atoms with Crippen LogP contribution in [-0.2, 0) is 14.3 Å². The molecule has 0 bridgehead atoms. The number of nitrogens with zero attached hydrogens (tertiary/aromatic N) is 3. The summed E-state index contributed by atoms with van der Waals surface area (Å²) in [5.41, 5.74) is 2.20. The number of hydrogen-bond acceptors (Lipinski definition) is 7. The Labute approximate surface area is 185 Å². The zero-order valence-corrected chi connectivity index (χ0v) is 18.4. The zero-order chi connectivity index (χ0) is 21.6. The number of hydrogen-bond donors (Lipinski definition) is 1. The number of carbonyl (C=O) groups is 2. The van der Waals surface area contributed by atoms with E-state index in [1.807, 2.05) is 18.2 Å². The Kier molecular flexibility index (Phi) is 6.76. The molecule has 7 nitrogen and oxygen atoms in total. The van der Waals surface area contributed by atoms with Crippen molar-refractivity contribution in [3.8, 4) is 11.1 Å². The summed E-state index contributed by atoms with van der Waals surface area (Å²) in [4.78, 5) is 36.3. The molecule has 0 aliphatic carbocycles. The third-order valence-electron chi connectivity index (χ3n) is 5.48. The van der Waals surface area contributed by atoms with E-state index in [1.165, 1.54) is 0 Å². The Morgan fingerprint density at radius 1 is 1.26 bits per heavy atom. The maximum absolute atomic E-state index is 12.7. The lowest BCUT2D eigenvalue weighted by atomic mass is 9.98. The Hall–Kier alpha value is -3.00. The molecule has 4 rings (SSSR count). The van der Waals surface area contributed by atoms with Crippen LogP contribution in [0.4, 0.5) is 5.82 Å². The molecule has 8 heteroatoms. The van der Waals surface area contributed by atoms with Gasteiger partial charge in [-0.3, -0.25) is 9.59 Å². The molecule has 0 spiro atoms. The fraction of sp³-hybridized carbons (Fsp3) is 0.391. The van der Waals surface area contributed by atoms with Crippen molar-refractivity contribution < 1.29 is 14.3 Å². The molecule has 3 aromatic rings. The van der Waals surface area contributed by atoms with Crippen LogP contribution in [0.3, 0.4) is 0 Å². The molecule has 31 heavy (non-hydrogen) atoms. The van der Waals surface area contributed by atoms with Gasteiger partial charge in [-0.25, -0.2) is 9.97 Å². The van der Waals surface area contributed by atoms with Crippen LogP contribution in [0.15, 0.2) is 42.0 Å². The number of thiophene rings is 1. The summed E-state index contributed by atoms with van der Waals surface area (Å²) in [6.07, 6.45) is 3.49. The first-order valence-electron chi connectivity index (χ1n) is 10.6. The highest BCUT2D eigenvalue weighted by Gasteiger charge is 2.29. The van der Waals surface area contributed by atoms with Crippen LogP contribution in [0, 0.1) is 5.92 Å². The third-order valence-corrected chi connectivity index (χ3v) is 6.37. The number of carbonyl (C=O) groups excluding carboxylic acids is 2. The molecule has 3 heterocycles. The van der Waals surface area contributed by atoms with Crippen LogP contribution < -0.4 is 5.32 Å². The minimum Gasteiger partial charge on any atom is -0.466 e. The summed E-state index contributed by atoms with van der Waals surface area (Å²) >= 11 is 1.58. The second kappa shape index (κ2) is 9.87. The first-order chi connectivity index (χ1) is 15.2. The number of likely N-dealkylation sites (tertiary alicyclic amines) is 1. The van der Waals surface area contributed by atoms with Gasteiger partial charge < -0.3 is 15.0 Å². The molecule has 1 saturated heterocycles. The average molecular weight is 439 g/mol. The number of anilines is 1. The number of ether oxygens (including phenoxy) is 1. The Balaban J connectivity index is 1.40. The first kappa shape index (κ1) is 21.2. The average Bonchev–Trinajstić information content (AvgIpc) is 3.25. The number of fused-ring (bicyclic) bond motifs is 1. The number of rotatable bonds is 7. The van der Waals surface area contributed by atoms with E-state index in [4.69, 9.17) is 4.74 Å². The molecule has 1 aliphatic heterocycles. The maximum atomic E-state index is 12.7. The van der Waals surface area contributed by atoms with Gasteiger partial charge in [0.05, 0.1) is 17.9 Å². The molecular formula is C23H26N4O3S. The lowest BCUT2D eigenvalue weighted by molar-refractivity contribution is -0.151. The monoisotopic (exact) mass is 438 g/mol. The summed E-state index contributed by atoms with van der Waals surface area (Å²) in [6.45, 7) is 3.77. The second-order valence-electron chi connectivity index (χ2n) is 7.53. The van der Waals surface area contributed by atoms with Crippen LogP contribution in [0.5, 0.6) is 0 Å². The second-order valence-corrected chi connectivity index (χ2v) is 8.38. The van der Waals surface area contributed by atoms with Crippen molar-refractivity contribution in [3.63, 3.8) is 0 Å². The molecule has 1 aliphatic rings. The molecular weight excluding hydrogens is 412 g/mol. The van der Waals surface area contributed by atoms with Gasteiger partial charge in [-0.1, -0.05) is 30.3 Å². The maximum Gasteiger partial charge on any atom is 0.310 e. The van der Waals surface area contributed by atoms with Crippen molar-refractivity contribution in [2.24, 2.45) is 5.92 Å². The normalized spacial score (nSPS) is 16.3. The molecule has 1 fully saturated rings. The largest absolute Gasteiger partial charge is 0.466 e. The minimum absolute atomic E-state index is 0.0420. The highest BCUT2D eigenvalue weighted by molar-refractivity contribution is 7.17. The van der Waals surface area contributed by atoms with Gasteiger partial charge in [0, 0.05) is 37.0 Å². The highest BCUT2D eigenvalue weighted by Crippen LogP contribution is 2.36. The van der Waals surface area contributed by atoms with Gasteiger partial charge in [0.1, 0.15) is 17.0 Å². The molecule has 1 N–H and O–H groups in total. The Morgan fingerprint density at radius 2 is 2.10 bits per heavy atom. The van der Waals surface area contributed by atoms with E-state index < -0.39 is 0 Å². The topological polar surface area (TPSA) is 84.4 Å². The predicted octanol–water partition coefficient (Wildman–Crippen LogP) is 3.96. The van der Waals surface area contributed by atoms with Gasteiger partial charge in [0.15, 0.2) is 0 Å². The van der Waals surface area contributed by atoms with Crippen molar-refractivity contribution in [3.05, 3.63) is 42.0 Å². The van der Waals surface area contributed by atoms with Gasteiger partial charge in [-0.05, 0) is 25.3 Å². The van der Waals surface area contributed by atoms with Gasteiger partial charge in [-0.2, -0.15) is 0 Å². The number of benzene rings is 1. The third kappa shape index (κ3) is 4.85. The molecule has 162 valence electrons.